The Balaban J connectivity index is 1.54. The minimum atomic E-state index is -0.956. The van der Waals surface area contributed by atoms with Crippen molar-refractivity contribution >= 4 is 28.9 Å². The van der Waals surface area contributed by atoms with Crippen LogP contribution in [0, 0.1) is 6.92 Å². The molecular formula is C20H22N2O6. The quantitative estimate of drug-likeness (QED) is 0.780. The predicted molar refractivity (Wildman–Crippen MR) is 101 cm³/mol. The molecule has 148 valence electrons. The zero-order valence-electron chi connectivity index (χ0n) is 15.6. The summed E-state index contributed by atoms with van der Waals surface area (Å²) in [6, 6.07) is 5.47. The highest BCUT2D eigenvalue weighted by atomic mass is 16.5. The maximum absolute atomic E-state index is 12.1. The molecule has 0 unspecified atom stereocenters. The molecule has 1 aromatic heterocycles. The van der Waals surface area contributed by atoms with Gasteiger partial charge in [-0.2, -0.15) is 0 Å². The molecule has 8 heteroatoms. The number of imide groups is 1. The van der Waals surface area contributed by atoms with Crippen molar-refractivity contribution in [3.63, 3.8) is 0 Å². The molecule has 2 aromatic rings. The van der Waals surface area contributed by atoms with Crippen LogP contribution in [0.4, 0.5) is 4.79 Å². The second kappa shape index (κ2) is 8.69. The molecular weight excluding hydrogens is 364 g/mol. The molecule has 1 fully saturated rings. The van der Waals surface area contributed by atoms with Crippen molar-refractivity contribution in [1.82, 2.24) is 10.6 Å². The van der Waals surface area contributed by atoms with Crippen molar-refractivity contribution < 1.29 is 23.5 Å². The summed E-state index contributed by atoms with van der Waals surface area (Å²) in [6.45, 7) is 1.18. The van der Waals surface area contributed by atoms with E-state index in [-0.39, 0.29) is 22.8 Å². The number of hydrogen-bond donors (Lipinski definition) is 2. The van der Waals surface area contributed by atoms with Gasteiger partial charge in [0.15, 0.2) is 12.0 Å². The summed E-state index contributed by atoms with van der Waals surface area (Å²) in [7, 11) is 0. The van der Waals surface area contributed by atoms with Gasteiger partial charge in [0.05, 0.1) is 5.39 Å². The maximum Gasteiger partial charge on any atom is 0.374 e. The summed E-state index contributed by atoms with van der Waals surface area (Å²) in [6.07, 6.45) is 5.02. The Hall–Kier alpha value is -3.16. The van der Waals surface area contributed by atoms with Gasteiger partial charge in [0.1, 0.15) is 5.58 Å². The first-order valence-corrected chi connectivity index (χ1v) is 9.24. The van der Waals surface area contributed by atoms with Crippen LogP contribution in [-0.4, -0.2) is 30.6 Å². The Kier molecular flexibility index (Phi) is 6.08. The summed E-state index contributed by atoms with van der Waals surface area (Å²) in [4.78, 5) is 47.8. The predicted octanol–water partition coefficient (Wildman–Crippen LogP) is 2.42. The van der Waals surface area contributed by atoms with E-state index in [0.717, 1.165) is 43.7 Å². The number of benzene rings is 1. The summed E-state index contributed by atoms with van der Waals surface area (Å²) >= 11 is 0. The summed E-state index contributed by atoms with van der Waals surface area (Å²) in [5, 5.41) is 5.21. The molecule has 0 saturated heterocycles. The highest BCUT2D eigenvalue weighted by Crippen LogP contribution is 2.17. The minimum absolute atomic E-state index is 0.0552. The van der Waals surface area contributed by atoms with Gasteiger partial charge in [-0.1, -0.05) is 30.9 Å². The topological polar surface area (TPSA) is 115 Å². The molecule has 8 nitrogen and oxygen atoms in total. The van der Waals surface area contributed by atoms with Gasteiger partial charge < -0.3 is 14.5 Å². The van der Waals surface area contributed by atoms with Crippen molar-refractivity contribution in [1.29, 1.82) is 0 Å². The molecule has 3 amide bonds. The largest absolute Gasteiger partial charge is 0.450 e. The van der Waals surface area contributed by atoms with Crippen LogP contribution < -0.4 is 16.1 Å². The van der Waals surface area contributed by atoms with E-state index in [1.807, 2.05) is 6.92 Å². The van der Waals surface area contributed by atoms with E-state index in [4.69, 9.17) is 9.15 Å². The first-order chi connectivity index (χ1) is 13.4. The lowest BCUT2D eigenvalue weighted by Crippen LogP contribution is -2.46. The van der Waals surface area contributed by atoms with Gasteiger partial charge in [-0.15, -0.1) is 0 Å². The Labute approximate surface area is 161 Å². The number of esters is 1. The second-order valence-electron chi connectivity index (χ2n) is 6.91. The first-order valence-electron chi connectivity index (χ1n) is 9.24. The third-order valence-corrected chi connectivity index (χ3v) is 4.61. The Morgan fingerprint density at radius 2 is 1.89 bits per heavy atom. The Bertz CT molecular complexity index is 959. The molecule has 1 heterocycles. The fourth-order valence-corrected chi connectivity index (χ4v) is 3.20. The molecule has 3 rings (SSSR count). The van der Waals surface area contributed by atoms with Crippen LogP contribution in [0.15, 0.2) is 33.5 Å². The molecule has 1 aliphatic carbocycles. The van der Waals surface area contributed by atoms with E-state index < -0.39 is 24.5 Å². The Morgan fingerprint density at radius 1 is 1.14 bits per heavy atom. The normalized spacial score (nSPS) is 14.5. The zero-order valence-corrected chi connectivity index (χ0v) is 15.6. The molecule has 1 saturated carbocycles. The average Bonchev–Trinajstić information content (AvgIpc) is 2.67. The molecule has 0 spiro atoms. The summed E-state index contributed by atoms with van der Waals surface area (Å²) in [5.74, 6) is -2.02. The molecule has 0 radical (unpaired) electrons. The standard InChI is InChI=1S/C20H22N2O6/c1-12-7-8-16-14(9-12)15(23)10-17(28-16)19(25)27-11-18(24)22-20(26)21-13-5-3-2-4-6-13/h7-10,13H,2-6,11H2,1H3,(H2,21,22,24,26). The third kappa shape index (κ3) is 4.97. The zero-order chi connectivity index (χ0) is 20.1. The fourth-order valence-electron chi connectivity index (χ4n) is 3.20. The van der Waals surface area contributed by atoms with Crippen LogP contribution in [0.25, 0.3) is 11.0 Å². The van der Waals surface area contributed by atoms with Crippen LogP contribution in [-0.2, 0) is 9.53 Å². The van der Waals surface area contributed by atoms with Crippen LogP contribution in [0.5, 0.6) is 0 Å². The van der Waals surface area contributed by atoms with E-state index in [1.54, 1.807) is 18.2 Å². The lowest BCUT2D eigenvalue weighted by Gasteiger charge is -2.22. The maximum atomic E-state index is 12.1. The third-order valence-electron chi connectivity index (χ3n) is 4.61. The van der Waals surface area contributed by atoms with Gasteiger partial charge in [0.25, 0.3) is 5.91 Å². The number of carbonyl (C=O) groups is 3. The van der Waals surface area contributed by atoms with Crippen LogP contribution in [0.2, 0.25) is 0 Å². The van der Waals surface area contributed by atoms with Gasteiger partial charge in [-0.05, 0) is 31.9 Å². The number of urea groups is 1. The van der Waals surface area contributed by atoms with Gasteiger partial charge in [-0.3, -0.25) is 14.9 Å². The van der Waals surface area contributed by atoms with Crippen molar-refractivity contribution in [3.05, 3.63) is 45.8 Å². The van der Waals surface area contributed by atoms with Crippen molar-refractivity contribution in [2.24, 2.45) is 0 Å². The SMILES string of the molecule is Cc1ccc2oc(C(=O)OCC(=O)NC(=O)NC3CCCCC3)cc(=O)c2c1. The minimum Gasteiger partial charge on any atom is -0.450 e. The monoisotopic (exact) mass is 386 g/mol. The summed E-state index contributed by atoms with van der Waals surface area (Å²) in [5.41, 5.74) is 0.757. The smallest absolute Gasteiger partial charge is 0.374 e. The first kappa shape index (κ1) is 19.6. The van der Waals surface area contributed by atoms with Gasteiger partial charge in [-0.25, -0.2) is 9.59 Å². The lowest BCUT2D eigenvalue weighted by molar-refractivity contribution is -0.123. The summed E-state index contributed by atoms with van der Waals surface area (Å²) < 4.78 is 10.2. The number of hydrogen-bond acceptors (Lipinski definition) is 6. The van der Waals surface area contributed by atoms with Crippen LogP contribution >= 0.6 is 0 Å². The number of amides is 3. The van der Waals surface area contributed by atoms with E-state index in [2.05, 4.69) is 10.6 Å². The van der Waals surface area contributed by atoms with Gasteiger partial charge >= 0.3 is 12.0 Å². The number of nitrogens with one attached hydrogen (secondary N) is 2. The molecule has 0 atom stereocenters. The van der Waals surface area contributed by atoms with Gasteiger partial charge in [0.2, 0.25) is 5.76 Å². The van der Waals surface area contributed by atoms with E-state index in [0.29, 0.717) is 5.39 Å². The molecule has 1 aliphatic rings. The molecule has 2 N–H and O–H groups in total. The van der Waals surface area contributed by atoms with Crippen molar-refractivity contribution in [3.8, 4) is 0 Å². The molecule has 28 heavy (non-hydrogen) atoms. The van der Waals surface area contributed by atoms with E-state index in [1.165, 1.54) is 0 Å². The van der Waals surface area contributed by atoms with Gasteiger partial charge in [0, 0.05) is 12.1 Å². The van der Waals surface area contributed by atoms with Crippen molar-refractivity contribution in [2.75, 3.05) is 6.61 Å². The fraction of sp³-hybridized carbons (Fsp3) is 0.400. The van der Waals surface area contributed by atoms with E-state index >= 15 is 0 Å². The lowest BCUT2D eigenvalue weighted by atomic mass is 9.96. The second-order valence-corrected chi connectivity index (χ2v) is 6.91. The number of aryl methyl sites for hydroxylation is 1. The van der Waals surface area contributed by atoms with Crippen molar-refractivity contribution in [2.45, 2.75) is 45.1 Å². The number of ether oxygens (including phenoxy) is 1. The number of carbonyl (C=O) groups excluding carboxylic acids is 3. The molecule has 1 aromatic carbocycles. The number of fused-ring (bicyclic) bond motifs is 1. The van der Waals surface area contributed by atoms with Crippen LogP contribution in [0.1, 0.15) is 48.2 Å². The Morgan fingerprint density at radius 3 is 2.64 bits per heavy atom. The molecule has 0 aliphatic heterocycles. The highest BCUT2D eigenvalue weighted by molar-refractivity contribution is 5.96. The highest BCUT2D eigenvalue weighted by Gasteiger charge is 2.19. The molecule has 0 bridgehead atoms. The average molecular weight is 386 g/mol. The van der Waals surface area contributed by atoms with Crippen LogP contribution in [0.3, 0.4) is 0 Å². The number of rotatable bonds is 4. The van der Waals surface area contributed by atoms with E-state index in [9.17, 15) is 19.2 Å².